The first-order valence-electron chi connectivity index (χ1n) is 5.76. The molecule has 0 fully saturated rings. The molecule has 0 aliphatic rings. The van der Waals surface area contributed by atoms with Crippen LogP contribution < -0.4 is 4.74 Å². The lowest BCUT2D eigenvalue weighted by Gasteiger charge is -2.16. The van der Waals surface area contributed by atoms with Gasteiger partial charge in [0.1, 0.15) is 5.75 Å². The smallest absolute Gasteiger partial charge is 0.124 e. The molecule has 0 N–H and O–H groups in total. The van der Waals surface area contributed by atoms with E-state index < -0.39 is 0 Å². The van der Waals surface area contributed by atoms with Crippen LogP contribution in [0.25, 0.3) is 0 Å². The van der Waals surface area contributed by atoms with Gasteiger partial charge in [-0.25, -0.2) is 0 Å². The molecule has 0 spiro atoms. The standard InChI is InChI=1S/C15H13BrClIO/c1-9-7-14(19-2)12(8-13(9)16)15(17)10-3-5-11(18)6-4-10/h3-8,15H,1-2H3. The van der Waals surface area contributed by atoms with Crippen molar-refractivity contribution in [1.82, 2.24) is 0 Å². The summed E-state index contributed by atoms with van der Waals surface area (Å²) in [5.41, 5.74) is 3.17. The molecule has 0 heterocycles. The van der Waals surface area contributed by atoms with E-state index in [1.165, 1.54) is 3.57 Å². The number of ether oxygens (including phenoxy) is 1. The fourth-order valence-corrected chi connectivity index (χ4v) is 2.89. The zero-order valence-electron chi connectivity index (χ0n) is 10.6. The molecule has 2 aromatic carbocycles. The molecule has 2 rings (SSSR count). The molecular formula is C15H13BrClIO. The van der Waals surface area contributed by atoms with Gasteiger partial charge in [-0.15, -0.1) is 11.6 Å². The Hall–Kier alpha value is -0.260. The summed E-state index contributed by atoms with van der Waals surface area (Å²) in [6, 6.07) is 12.2. The second kappa shape index (κ2) is 6.46. The van der Waals surface area contributed by atoms with Gasteiger partial charge in [0.05, 0.1) is 12.5 Å². The Morgan fingerprint density at radius 1 is 1.21 bits per heavy atom. The quantitative estimate of drug-likeness (QED) is 0.430. The highest BCUT2D eigenvalue weighted by Crippen LogP contribution is 2.38. The molecule has 2 aromatic rings. The predicted molar refractivity (Wildman–Crippen MR) is 92.3 cm³/mol. The van der Waals surface area contributed by atoms with E-state index >= 15 is 0 Å². The van der Waals surface area contributed by atoms with Crippen LogP contribution in [0.2, 0.25) is 0 Å². The van der Waals surface area contributed by atoms with Crippen LogP contribution in [0.4, 0.5) is 0 Å². The van der Waals surface area contributed by atoms with Gasteiger partial charge in [0.25, 0.3) is 0 Å². The van der Waals surface area contributed by atoms with E-state index in [4.69, 9.17) is 16.3 Å². The zero-order chi connectivity index (χ0) is 14.0. The summed E-state index contributed by atoms with van der Waals surface area (Å²) in [7, 11) is 1.67. The molecule has 1 nitrogen and oxygen atoms in total. The molecular weight excluding hydrogens is 438 g/mol. The average molecular weight is 452 g/mol. The van der Waals surface area contributed by atoms with Gasteiger partial charge >= 0.3 is 0 Å². The van der Waals surface area contributed by atoms with Crippen molar-refractivity contribution in [2.75, 3.05) is 7.11 Å². The van der Waals surface area contributed by atoms with Gasteiger partial charge in [-0.2, -0.15) is 0 Å². The summed E-state index contributed by atoms with van der Waals surface area (Å²) in [4.78, 5) is 0. The van der Waals surface area contributed by atoms with Gasteiger partial charge in [0.2, 0.25) is 0 Å². The van der Waals surface area contributed by atoms with Crippen LogP contribution in [0.5, 0.6) is 5.75 Å². The highest BCUT2D eigenvalue weighted by Gasteiger charge is 2.17. The van der Waals surface area contributed by atoms with Crippen LogP contribution in [-0.2, 0) is 0 Å². The number of aryl methyl sites for hydroxylation is 1. The third-order valence-electron chi connectivity index (χ3n) is 2.95. The molecule has 0 aromatic heterocycles. The van der Waals surface area contributed by atoms with E-state index in [-0.39, 0.29) is 5.38 Å². The Kier molecular flexibility index (Phi) is 5.15. The lowest BCUT2D eigenvalue weighted by Crippen LogP contribution is -1.99. The van der Waals surface area contributed by atoms with Crippen molar-refractivity contribution in [3.8, 4) is 5.75 Å². The first-order chi connectivity index (χ1) is 9.02. The van der Waals surface area contributed by atoms with Crippen molar-refractivity contribution in [2.45, 2.75) is 12.3 Å². The van der Waals surface area contributed by atoms with Gasteiger partial charge in [-0.1, -0.05) is 28.1 Å². The summed E-state index contributed by atoms with van der Waals surface area (Å²) in [5.74, 6) is 0.819. The Bertz CT molecular complexity index is 583. The number of halogens is 3. The van der Waals surface area contributed by atoms with Gasteiger partial charge in [-0.05, 0) is 64.9 Å². The zero-order valence-corrected chi connectivity index (χ0v) is 15.1. The normalized spacial score (nSPS) is 12.3. The molecule has 1 unspecified atom stereocenters. The van der Waals surface area contributed by atoms with Crippen LogP contribution in [0.15, 0.2) is 40.9 Å². The SMILES string of the molecule is COc1cc(C)c(Br)cc1C(Cl)c1ccc(I)cc1. The predicted octanol–water partition coefficient (Wildman–Crippen LogP) is 5.70. The number of alkyl halides is 1. The molecule has 0 aliphatic carbocycles. The van der Waals surface area contributed by atoms with Crippen molar-refractivity contribution < 1.29 is 4.74 Å². The molecule has 0 bridgehead atoms. The second-order valence-corrected chi connectivity index (χ2v) is 6.79. The topological polar surface area (TPSA) is 9.23 Å². The minimum atomic E-state index is -0.219. The number of hydrogen-bond donors (Lipinski definition) is 0. The molecule has 1 atom stereocenters. The van der Waals surface area contributed by atoms with Crippen molar-refractivity contribution in [1.29, 1.82) is 0 Å². The molecule has 0 saturated carbocycles. The largest absolute Gasteiger partial charge is 0.496 e. The third kappa shape index (κ3) is 3.44. The fourth-order valence-electron chi connectivity index (χ4n) is 1.86. The minimum absolute atomic E-state index is 0.219. The summed E-state index contributed by atoms with van der Waals surface area (Å²) < 4.78 is 7.68. The van der Waals surface area contributed by atoms with Crippen LogP contribution in [0, 0.1) is 10.5 Å². The van der Waals surface area contributed by atoms with E-state index in [0.717, 1.165) is 26.9 Å². The van der Waals surface area contributed by atoms with Crippen LogP contribution in [0.1, 0.15) is 22.1 Å². The molecule has 19 heavy (non-hydrogen) atoms. The second-order valence-electron chi connectivity index (χ2n) is 4.26. The van der Waals surface area contributed by atoms with Crippen molar-refractivity contribution in [3.63, 3.8) is 0 Å². The van der Waals surface area contributed by atoms with Crippen molar-refractivity contribution in [3.05, 3.63) is 61.1 Å². The first-order valence-corrected chi connectivity index (χ1v) is 8.07. The van der Waals surface area contributed by atoms with Gasteiger partial charge in [-0.3, -0.25) is 0 Å². The monoisotopic (exact) mass is 450 g/mol. The summed E-state index contributed by atoms with van der Waals surface area (Å²) in [5, 5.41) is -0.219. The average Bonchev–Trinajstić information content (AvgIpc) is 2.41. The van der Waals surface area contributed by atoms with Crippen LogP contribution in [0.3, 0.4) is 0 Å². The Balaban J connectivity index is 2.45. The number of benzene rings is 2. The van der Waals surface area contributed by atoms with Crippen molar-refractivity contribution >= 4 is 50.1 Å². The van der Waals surface area contributed by atoms with Crippen molar-refractivity contribution in [2.24, 2.45) is 0 Å². The third-order valence-corrected chi connectivity index (χ3v) is 5.01. The number of rotatable bonds is 3. The maximum absolute atomic E-state index is 6.59. The Labute approximate surface area is 140 Å². The summed E-state index contributed by atoms with van der Waals surface area (Å²) in [6.07, 6.45) is 0. The lowest BCUT2D eigenvalue weighted by molar-refractivity contribution is 0.409. The maximum atomic E-state index is 6.59. The fraction of sp³-hybridized carbons (Fsp3) is 0.200. The molecule has 100 valence electrons. The van der Waals surface area contributed by atoms with Crippen LogP contribution >= 0.6 is 50.1 Å². The number of methoxy groups -OCH3 is 1. The first kappa shape index (κ1) is 15.1. The maximum Gasteiger partial charge on any atom is 0.124 e. The van der Waals surface area contributed by atoms with E-state index in [0.29, 0.717) is 0 Å². The van der Waals surface area contributed by atoms with E-state index in [2.05, 4.69) is 50.7 Å². The molecule has 0 amide bonds. The summed E-state index contributed by atoms with van der Waals surface area (Å²) >= 11 is 12.4. The van der Waals surface area contributed by atoms with Gasteiger partial charge in [0.15, 0.2) is 0 Å². The van der Waals surface area contributed by atoms with Crippen LogP contribution in [-0.4, -0.2) is 7.11 Å². The van der Waals surface area contributed by atoms with Gasteiger partial charge < -0.3 is 4.74 Å². The van der Waals surface area contributed by atoms with E-state index in [9.17, 15) is 0 Å². The molecule has 4 heteroatoms. The molecule has 0 saturated heterocycles. The summed E-state index contributed by atoms with van der Waals surface area (Å²) in [6.45, 7) is 2.03. The van der Waals surface area contributed by atoms with E-state index in [1.54, 1.807) is 7.11 Å². The number of hydrogen-bond acceptors (Lipinski definition) is 1. The molecule has 0 aliphatic heterocycles. The Morgan fingerprint density at radius 3 is 2.42 bits per heavy atom. The van der Waals surface area contributed by atoms with Gasteiger partial charge in [0, 0.05) is 13.6 Å². The van der Waals surface area contributed by atoms with E-state index in [1.807, 2.05) is 31.2 Å². The molecule has 0 radical (unpaired) electrons. The highest BCUT2D eigenvalue weighted by atomic mass is 127. The Morgan fingerprint density at radius 2 is 1.84 bits per heavy atom. The minimum Gasteiger partial charge on any atom is -0.496 e. The highest BCUT2D eigenvalue weighted by molar-refractivity contribution is 14.1. The lowest BCUT2D eigenvalue weighted by atomic mass is 10.0.